The smallest absolute Gasteiger partial charge is 0.338 e. The van der Waals surface area contributed by atoms with Gasteiger partial charge in [-0.3, -0.25) is 9.48 Å². The van der Waals surface area contributed by atoms with Crippen LogP contribution in [-0.4, -0.2) is 28.3 Å². The van der Waals surface area contributed by atoms with Crippen molar-refractivity contribution in [1.82, 2.24) is 9.78 Å². The van der Waals surface area contributed by atoms with E-state index in [1.807, 2.05) is 12.1 Å². The largest absolute Gasteiger partial charge is 0.462 e. The van der Waals surface area contributed by atoms with Crippen LogP contribution in [0.25, 0.3) is 10.9 Å². The average Bonchev–Trinajstić information content (AvgIpc) is 3.03. The number of esters is 1. The van der Waals surface area contributed by atoms with Gasteiger partial charge in [-0.15, -0.1) is 0 Å². The Morgan fingerprint density at radius 2 is 1.96 bits per heavy atom. The third-order valence-corrected chi connectivity index (χ3v) is 4.07. The van der Waals surface area contributed by atoms with Gasteiger partial charge in [0.2, 0.25) is 5.91 Å². The van der Waals surface area contributed by atoms with Crippen LogP contribution in [0.2, 0.25) is 5.02 Å². The van der Waals surface area contributed by atoms with E-state index in [0.717, 1.165) is 10.9 Å². The molecule has 0 spiro atoms. The molecule has 0 saturated carbocycles. The Balaban J connectivity index is 1.57. The lowest BCUT2D eigenvalue weighted by molar-refractivity contribution is -0.116. The number of aryl methyl sites for hydroxylation is 1. The molecular formula is C19H18ClN3O3. The van der Waals surface area contributed by atoms with Gasteiger partial charge in [-0.25, -0.2) is 4.79 Å². The maximum absolute atomic E-state index is 12.2. The summed E-state index contributed by atoms with van der Waals surface area (Å²) in [4.78, 5) is 23.8. The molecule has 3 aromatic rings. The highest BCUT2D eigenvalue weighted by molar-refractivity contribution is 6.31. The van der Waals surface area contributed by atoms with Crippen molar-refractivity contribution in [2.75, 3.05) is 11.9 Å². The summed E-state index contributed by atoms with van der Waals surface area (Å²) in [5.41, 5.74) is 2.01. The Bertz CT molecular complexity index is 935. The SMILES string of the molecule is CCOC(=O)c1ccc(NC(=O)CCn2ncc3cc(Cl)ccc32)cc1. The number of carbonyl (C=O) groups is 2. The van der Waals surface area contributed by atoms with E-state index < -0.39 is 0 Å². The molecule has 26 heavy (non-hydrogen) atoms. The van der Waals surface area contributed by atoms with Gasteiger partial charge in [-0.1, -0.05) is 11.6 Å². The van der Waals surface area contributed by atoms with Crippen molar-refractivity contribution >= 4 is 40.1 Å². The molecule has 1 amide bonds. The summed E-state index contributed by atoms with van der Waals surface area (Å²) in [6, 6.07) is 12.1. The summed E-state index contributed by atoms with van der Waals surface area (Å²) in [5.74, 6) is -0.512. The molecule has 1 N–H and O–H groups in total. The van der Waals surface area contributed by atoms with Crippen LogP contribution in [0.4, 0.5) is 5.69 Å². The summed E-state index contributed by atoms with van der Waals surface area (Å²) in [6.07, 6.45) is 2.01. The lowest BCUT2D eigenvalue weighted by Gasteiger charge is -2.07. The zero-order valence-corrected chi connectivity index (χ0v) is 15.0. The molecule has 0 unspecified atom stereocenters. The predicted octanol–water partition coefficient (Wildman–Crippen LogP) is 3.90. The molecule has 0 bridgehead atoms. The van der Waals surface area contributed by atoms with Crippen LogP contribution in [0.1, 0.15) is 23.7 Å². The monoisotopic (exact) mass is 371 g/mol. The molecule has 134 valence electrons. The molecular weight excluding hydrogens is 354 g/mol. The van der Waals surface area contributed by atoms with E-state index in [2.05, 4.69) is 10.4 Å². The molecule has 6 nitrogen and oxygen atoms in total. The fourth-order valence-corrected chi connectivity index (χ4v) is 2.75. The number of halogens is 1. The number of aromatic nitrogens is 2. The van der Waals surface area contributed by atoms with Gasteiger partial charge in [0.15, 0.2) is 0 Å². The minimum Gasteiger partial charge on any atom is -0.462 e. The Morgan fingerprint density at radius 3 is 2.69 bits per heavy atom. The average molecular weight is 372 g/mol. The van der Waals surface area contributed by atoms with Gasteiger partial charge in [-0.05, 0) is 49.4 Å². The van der Waals surface area contributed by atoms with E-state index in [4.69, 9.17) is 16.3 Å². The molecule has 1 heterocycles. The first kappa shape index (κ1) is 17.9. The first-order valence-electron chi connectivity index (χ1n) is 8.25. The summed E-state index contributed by atoms with van der Waals surface area (Å²) in [6.45, 7) is 2.54. The van der Waals surface area contributed by atoms with Crippen LogP contribution in [0.3, 0.4) is 0 Å². The fourth-order valence-electron chi connectivity index (χ4n) is 2.57. The van der Waals surface area contributed by atoms with E-state index in [1.54, 1.807) is 48.1 Å². The van der Waals surface area contributed by atoms with E-state index >= 15 is 0 Å². The van der Waals surface area contributed by atoms with E-state index in [-0.39, 0.29) is 18.3 Å². The summed E-state index contributed by atoms with van der Waals surface area (Å²) in [5, 5.41) is 8.69. The highest BCUT2D eigenvalue weighted by Gasteiger charge is 2.09. The molecule has 0 atom stereocenters. The first-order valence-corrected chi connectivity index (χ1v) is 8.62. The van der Waals surface area contributed by atoms with Gasteiger partial charge in [0, 0.05) is 22.5 Å². The van der Waals surface area contributed by atoms with Crippen LogP contribution in [0.15, 0.2) is 48.7 Å². The maximum Gasteiger partial charge on any atom is 0.338 e. The second-order valence-electron chi connectivity index (χ2n) is 5.67. The Kier molecular flexibility index (Phi) is 5.53. The van der Waals surface area contributed by atoms with Gasteiger partial charge in [0.1, 0.15) is 0 Å². The minimum absolute atomic E-state index is 0.133. The van der Waals surface area contributed by atoms with E-state index in [1.165, 1.54) is 0 Å². The number of hydrogen-bond donors (Lipinski definition) is 1. The van der Waals surface area contributed by atoms with Crippen LogP contribution >= 0.6 is 11.6 Å². The second kappa shape index (κ2) is 8.01. The van der Waals surface area contributed by atoms with Gasteiger partial charge < -0.3 is 10.1 Å². The van der Waals surface area contributed by atoms with Crippen LogP contribution in [0.5, 0.6) is 0 Å². The Morgan fingerprint density at radius 1 is 1.19 bits per heavy atom. The molecule has 0 aliphatic heterocycles. The van der Waals surface area contributed by atoms with Crippen molar-refractivity contribution in [3.05, 3.63) is 59.2 Å². The Labute approximate surface area is 155 Å². The van der Waals surface area contributed by atoms with Crippen molar-refractivity contribution in [3.8, 4) is 0 Å². The number of fused-ring (bicyclic) bond motifs is 1. The third-order valence-electron chi connectivity index (χ3n) is 3.83. The fraction of sp³-hybridized carbons (Fsp3) is 0.211. The molecule has 0 radical (unpaired) electrons. The molecule has 0 aliphatic carbocycles. The van der Waals surface area contributed by atoms with Crippen LogP contribution in [0, 0.1) is 0 Å². The number of nitrogens with zero attached hydrogens (tertiary/aromatic N) is 2. The van der Waals surface area contributed by atoms with Crippen molar-refractivity contribution in [1.29, 1.82) is 0 Å². The minimum atomic E-state index is -0.379. The molecule has 3 rings (SSSR count). The molecule has 7 heteroatoms. The summed E-state index contributed by atoms with van der Waals surface area (Å²) in [7, 11) is 0. The number of hydrogen-bond acceptors (Lipinski definition) is 4. The van der Waals surface area contributed by atoms with Gasteiger partial charge in [0.05, 0.1) is 30.4 Å². The predicted molar refractivity (Wildman–Crippen MR) is 100 cm³/mol. The second-order valence-corrected chi connectivity index (χ2v) is 6.10. The lowest BCUT2D eigenvalue weighted by Crippen LogP contribution is -2.15. The maximum atomic E-state index is 12.2. The normalized spacial score (nSPS) is 10.7. The summed E-state index contributed by atoms with van der Waals surface area (Å²) >= 11 is 5.96. The van der Waals surface area contributed by atoms with Crippen LogP contribution < -0.4 is 5.32 Å². The molecule has 0 saturated heterocycles. The zero-order chi connectivity index (χ0) is 18.5. The topological polar surface area (TPSA) is 73.2 Å². The number of amides is 1. The van der Waals surface area contributed by atoms with Crippen molar-refractivity contribution < 1.29 is 14.3 Å². The zero-order valence-electron chi connectivity index (χ0n) is 14.2. The lowest BCUT2D eigenvalue weighted by atomic mass is 10.2. The molecule has 2 aromatic carbocycles. The number of nitrogens with one attached hydrogen (secondary N) is 1. The van der Waals surface area contributed by atoms with Crippen molar-refractivity contribution in [3.63, 3.8) is 0 Å². The number of carbonyl (C=O) groups excluding carboxylic acids is 2. The van der Waals surface area contributed by atoms with Crippen molar-refractivity contribution in [2.24, 2.45) is 0 Å². The summed E-state index contributed by atoms with van der Waals surface area (Å²) < 4.78 is 6.70. The molecule has 1 aromatic heterocycles. The van der Waals surface area contributed by atoms with Crippen LogP contribution in [-0.2, 0) is 16.1 Å². The highest BCUT2D eigenvalue weighted by atomic mass is 35.5. The quantitative estimate of drug-likeness (QED) is 0.667. The standard InChI is InChI=1S/C19H18ClN3O3/c1-2-26-19(25)13-3-6-16(7-4-13)22-18(24)9-10-23-17-8-5-15(20)11-14(17)12-21-23/h3-8,11-12H,2,9-10H2,1H3,(H,22,24). The van der Waals surface area contributed by atoms with Gasteiger partial charge in [-0.2, -0.15) is 5.10 Å². The first-order chi connectivity index (χ1) is 12.6. The van der Waals surface area contributed by atoms with E-state index in [0.29, 0.717) is 29.4 Å². The third kappa shape index (κ3) is 4.21. The number of ether oxygens (including phenoxy) is 1. The van der Waals surface area contributed by atoms with Crippen molar-refractivity contribution in [2.45, 2.75) is 19.9 Å². The van der Waals surface area contributed by atoms with Gasteiger partial charge >= 0.3 is 5.97 Å². The molecule has 0 aliphatic rings. The van der Waals surface area contributed by atoms with Gasteiger partial charge in [0.25, 0.3) is 0 Å². The Hall–Kier alpha value is -2.86. The highest BCUT2D eigenvalue weighted by Crippen LogP contribution is 2.19. The number of anilines is 1. The number of benzene rings is 2. The molecule has 0 fully saturated rings. The van der Waals surface area contributed by atoms with E-state index in [9.17, 15) is 9.59 Å². The number of rotatable bonds is 6.